The van der Waals surface area contributed by atoms with Crippen LogP contribution in [0.1, 0.15) is 33.2 Å². The van der Waals surface area contributed by atoms with Gasteiger partial charge in [0.15, 0.2) is 1.41 Å². The molecule has 0 bridgehead atoms. The zero-order chi connectivity index (χ0) is 24.6. The van der Waals surface area contributed by atoms with Crippen LogP contribution in [0.4, 0.5) is 0 Å². The summed E-state index contributed by atoms with van der Waals surface area (Å²) in [6, 6.07) is 0. The van der Waals surface area contributed by atoms with E-state index in [-0.39, 0.29) is 0 Å². The van der Waals surface area contributed by atoms with Crippen LogP contribution in [0.25, 0.3) is 0 Å². The normalized spacial score (nSPS) is 57.9. The summed E-state index contributed by atoms with van der Waals surface area (Å²) >= 11 is 0. The van der Waals surface area contributed by atoms with Gasteiger partial charge in [0.05, 0.1) is 20.9 Å². The van der Waals surface area contributed by atoms with Crippen molar-refractivity contribution in [2.24, 2.45) is 0 Å². The first kappa shape index (κ1) is 3.53. The van der Waals surface area contributed by atoms with Gasteiger partial charge in [-0.15, -0.1) is 0 Å². The minimum absolute atomic E-state index is 0.498. The lowest BCUT2D eigenvalue weighted by atomic mass is 10.2. The topological polar surface area (TPSA) is 105 Å². The van der Waals surface area contributed by atoms with Crippen LogP contribution in [0, 0.1) is 6.85 Å². The number of ether oxygens (including phenoxy) is 1. The van der Waals surface area contributed by atoms with E-state index in [1.807, 2.05) is 0 Å². The van der Waals surface area contributed by atoms with Crippen molar-refractivity contribution < 1.29 is 31.4 Å². The van der Waals surface area contributed by atoms with Crippen LogP contribution >= 0.6 is 0 Å². The summed E-state index contributed by atoms with van der Waals surface area (Å²) in [5.41, 5.74) is -5.33. The largest absolute Gasteiger partial charge is 0.394 e. The van der Waals surface area contributed by atoms with Gasteiger partial charge in [0, 0.05) is 25.0 Å². The molecule has 3 atom stereocenters. The molecule has 0 saturated carbocycles. The summed E-state index contributed by atoms with van der Waals surface area (Å²) in [5.74, 6) is 0. The number of rotatable bonds is 4. The van der Waals surface area contributed by atoms with Gasteiger partial charge in [-0.05, 0) is 6.85 Å². The highest BCUT2D eigenvalue weighted by molar-refractivity contribution is 5.02. The molecule has 2 heterocycles. The molecule has 2 rings (SSSR count). The molecule has 1 saturated heterocycles. The van der Waals surface area contributed by atoms with Crippen LogP contribution in [-0.4, -0.2) is 41.3 Å². The van der Waals surface area contributed by atoms with E-state index < -0.39 is 70.7 Å². The van der Waals surface area contributed by atoms with Gasteiger partial charge in [0.25, 0.3) is 5.56 Å². The molecule has 1 aliphatic rings. The van der Waals surface area contributed by atoms with E-state index in [4.69, 9.17) is 24.1 Å². The minimum atomic E-state index is -3.95. The van der Waals surface area contributed by atoms with Crippen molar-refractivity contribution in [3.05, 3.63) is 32.6 Å². The number of aromatic amines is 1. The Morgan fingerprint density at radius 3 is 3.65 bits per heavy atom. The number of nitrogens with zero attached hydrogens (tertiary/aromatic N) is 1. The summed E-state index contributed by atoms with van der Waals surface area (Å²) in [4.78, 5) is 23.9. The second kappa shape index (κ2) is 4.44. The number of H-pyrrole nitrogens is 1. The van der Waals surface area contributed by atoms with E-state index in [2.05, 4.69) is 10.2 Å². The number of hydrogen-bond acceptors (Lipinski definition) is 5. The van der Waals surface area contributed by atoms with E-state index in [1.165, 1.54) is 0 Å². The Balaban J connectivity index is 3.07. The second-order valence-electron chi connectivity index (χ2n) is 2.81. The molecule has 17 heavy (non-hydrogen) atoms. The first-order chi connectivity index (χ1) is 13.7. The molecule has 1 aliphatic heterocycles. The predicted molar refractivity (Wildman–Crippen MR) is 57.7 cm³/mol. The van der Waals surface area contributed by atoms with E-state index in [0.29, 0.717) is 0 Å². The Kier molecular flexibility index (Phi) is 0.922. The number of hydrogen-bond donors (Lipinski definition) is 3. The highest BCUT2D eigenvalue weighted by Gasteiger charge is 2.34. The first-order valence-corrected chi connectivity index (χ1v) is 4.09. The fourth-order valence-corrected chi connectivity index (χ4v) is 1.03. The Morgan fingerprint density at radius 2 is 2.94 bits per heavy atom. The number of aliphatic hydroxyl groups is 2. The van der Waals surface area contributed by atoms with Gasteiger partial charge >= 0.3 is 5.69 Å². The fourth-order valence-electron chi connectivity index (χ4n) is 1.03. The molecule has 0 spiro atoms. The van der Waals surface area contributed by atoms with Crippen molar-refractivity contribution in [2.45, 2.75) is 31.6 Å². The van der Waals surface area contributed by atoms with Gasteiger partial charge < -0.3 is 15.0 Å². The molecule has 1 fully saturated rings. The van der Waals surface area contributed by atoms with Gasteiger partial charge in [-0.1, -0.05) is 0 Å². The lowest BCUT2D eigenvalue weighted by molar-refractivity contribution is -0.0459. The Morgan fingerprint density at radius 1 is 2.06 bits per heavy atom. The number of aromatic nitrogens is 2. The zero-order valence-corrected chi connectivity index (χ0v) is 7.94. The van der Waals surface area contributed by atoms with Crippen LogP contribution < -0.4 is 11.2 Å². The molecule has 1 aromatic heterocycles. The van der Waals surface area contributed by atoms with Crippen molar-refractivity contribution in [2.75, 3.05) is 6.56 Å². The predicted octanol–water partition coefficient (Wildman–Crippen LogP) is -1.51. The summed E-state index contributed by atoms with van der Waals surface area (Å²) in [6.07, 6.45) is -17.3. The SMILES string of the molecule is [2H]OC([2H])([2H])[C@@]1([2H])O[C@@]([2H])(n2c([2H])c(C([2H])([2H])[2H])c(=O)n([2H])c2=O)C([2H])([2H])[C@]1([2H])O[2H]. The van der Waals surface area contributed by atoms with E-state index in [1.54, 1.807) is 0 Å². The average molecular weight is 256 g/mol. The van der Waals surface area contributed by atoms with Crippen molar-refractivity contribution in [3.8, 4) is 0 Å². The molecule has 0 aliphatic carbocycles. The third kappa shape index (κ3) is 2.17. The summed E-state index contributed by atoms with van der Waals surface area (Å²) < 4.78 is 111. The number of nitrogens with one attached hydrogen (secondary N) is 1. The molecule has 0 unspecified atom stereocenters. The first-order valence-electron chi connectivity index (χ1n) is 10.9. The molecule has 0 aromatic carbocycles. The molecule has 7 heteroatoms. The second-order valence-corrected chi connectivity index (χ2v) is 2.81. The van der Waals surface area contributed by atoms with Crippen LogP contribution in [0.2, 0.25) is 1.41 Å². The zero-order valence-electron chi connectivity index (χ0n) is 21.9. The van der Waals surface area contributed by atoms with Gasteiger partial charge in [-0.3, -0.25) is 14.3 Å². The average Bonchev–Trinajstić information content (AvgIpc) is 2.75. The molecule has 3 N–H and O–H groups in total. The van der Waals surface area contributed by atoms with Gasteiger partial charge in [-0.25, -0.2) is 4.79 Å². The van der Waals surface area contributed by atoms with Gasteiger partial charge in [0.1, 0.15) is 12.3 Å². The maximum atomic E-state index is 12.5. The van der Waals surface area contributed by atoms with E-state index in [0.717, 1.165) is 0 Å². The van der Waals surface area contributed by atoms with Crippen LogP contribution in [0.5, 0.6) is 0 Å². The highest BCUT2D eigenvalue weighted by atomic mass is 16.5. The molecule has 1 aromatic rings. The van der Waals surface area contributed by atoms with Crippen molar-refractivity contribution >= 4 is 0 Å². The Bertz CT molecular complexity index is 1020. The molecule has 0 radical (unpaired) electrons. The van der Waals surface area contributed by atoms with Crippen LogP contribution in [0.3, 0.4) is 0 Å². The maximum absolute atomic E-state index is 12.5. The molecule has 94 valence electrons. The maximum Gasteiger partial charge on any atom is 0.330 e. The van der Waals surface area contributed by atoms with Crippen LogP contribution in [-0.2, 0) is 4.74 Å². The monoisotopic (exact) mass is 256 g/mol. The molecule has 7 nitrogen and oxygen atoms in total. The molecule has 0 amide bonds. The standard InChI is InChI=1S/C10H14N2O5/c1-5-3-12(10(16)11-9(5)15)8-2-6(14)7(4-13)17-8/h3,6-8,13-14H,2,4H2,1H3,(H,11,15,16)/t6-,7+,8+/m0/s1/i1D3,2D2,3D,4D2,6D,7D,8D,13D,14D/hD. The Labute approximate surface area is 116 Å². The summed E-state index contributed by atoms with van der Waals surface area (Å²) in [6.45, 7) is -7.24. The lowest BCUT2D eigenvalue weighted by Gasteiger charge is -2.14. The third-order valence-corrected chi connectivity index (χ3v) is 1.75. The van der Waals surface area contributed by atoms with Gasteiger partial charge in [0.2, 0.25) is 2.86 Å². The van der Waals surface area contributed by atoms with E-state index in [9.17, 15) is 9.59 Å². The minimum Gasteiger partial charge on any atom is -0.394 e. The molecular weight excluding hydrogens is 228 g/mol. The summed E-state index contributed by atoms with van der Waals surface area (Å²) in [7, 11) is 0. The van der Waals surface area contributed by atoms with E-state index >= 15 is 0 Å². The van der Waals surface area contributed by atoms with Crippen molar-refractivity contribution in [1.82, 2.24) is 9.54 Å². The third-order valence-electron chi connectivity index (χ3n) is 1.75. The summed E-state index contributed by atoms with van der Waals surface area (Å²) in [5, 5.41) is 7.52. The van der Waals surface area contributed by atoms with Gasteiger partial charge in [-0.2, -0.15) is 0 Å². The van der Waals surface area contributed by atoms with Crippen LogP contribution in [0.15, 0.2) is 15.8 Å². The Hall–Kier alpha value is -1.44. The van der Waals surface area contributed by atoms with Crippen molar-refractivity contribution in [3.63, 3.8) is 0 Å². The van der Waals surface area contributed by atoms with Crippen molar-refractivity contribution in [1.29, 1.82) is 2.86 Å². The smallest absolute Gasteiger partial charge is 0.330 e. The molecular formula is C10H14N2O5. The quantitative estimate of drug-likeness (QED) is 0.607. The highest BCUT2D eigenvalue weighted by Crippen LogP contribution is 2.27. The lowest BCUT2D eigenvalue weighted by Crippen LogP contribution is -2.33. The fraction of sp³-hybridized carbons (Fsp3) is 0.600.